The van der Waals surface area contributed by atoms with Gasteiger partial charge in [-0.05, 0) is 54.9 Å². The molecule has 0 fully saturated rings. The van der Waals surface area contributed by atoms with E-state index in [1.807, 2.05) is 35.0 Å². The molecule has 3 aromatic heterocycles. The van der Waals surface area contributed by atoms with Gasteiger partial charge < -0.3 is 5.73 Å². The van der Waals surface area contributed by atoms with E-state index in [1.165, 1.54) is 17.3 Å². The molecular weight excluding hydrogens is 270 g/mol. The average Bonchev–Trinajstić information content (AvgIpc) is 2.86. The maximum Gasteiger partial charge on any atom is 0.201 e. The first-order chi connectivity index (χ1) is 9.78. The highest BCUT2D eigenvalue weighted by molar-refractivity contribution is 7.99. The second-order valence-electron chi connectivity index (χ2n) is 4.52. The molecule has 3 aromatic rings. The molecule has 0 bridgehead atoms. The summed E-state index contributed by atoms with van der Waals surface area (Å²) in [5.74, 6) is 0. The minimum atomic E-state index is 0.641. The summed E-state index contributed by atoms with van der Waals surface area (Å²) in [5.41, 5.74) is 8.71. The highest BCUT2D eigenvalue weighted by atomic mass is 32.2. The van der Waals surface area contributed by atoms with E-state index in [9.17, 15) is 0 Å². The Morgan fingerprint density at radius 3 is 3.00 bits per heavy atom. The van der Waals surface area contributed by atoms with Crippen LogP contribution in [-0.2, 0) is 6.42 Å². The standard InChI is InChI=1S/C14H15N5S/c1-10-8-11(5-6-15)9-16-13(10)20-14-18-17-12-4-2-3-7-19(12)14/h2-4,7-9H,5-6,15H2,1H3. The molecule has 3 heterocycles. The lowest BCUT2D eigenvalue weighted by atomic mass is 10.2. The molecular formula is C14H15N5S. The van der Waals surface area contributed by atoms with Gasteiger partial charge in [0, 0.05) is 12.4 Å². The Balaban J connectivity index is 1.91. The lowest BCUT2D eigenvalue weighted by molar-refractivity contribution is 0.907. The van der Waals surface area contributed by atoms with Gasteiger partial charge in [-0.15, -0.1) is 10.2 Å². The summed E-state index contributed by atoms with van der Waals surface area (Å²) in [7, 11) is 0. The minimum absolute atomic E-state index is 0.641. The Labute approximate surface area is 121 Å². The summed E-state index contributed by atoms with van der Waals surface area (Å²) in [6.07, 6.45) is 4.69. The first-order valence-corrected chi connectivity index (χ1v) is 7.23. The normalized spacial score (nSPS) is 11.1. The van der Waals surface area contributed by atoms with E-state index >= 15 is 0 Å². The van der Waals surface area contributed by atoms with Crippen LogP contribution in [0.1, 0.15) is 11.1 Å². The number of hydrogen-bond acceptors (Lipinski definition) is 5. The van der Waals surface area contributed by atoms with Crippen molar-refractivity contribution in [3.8, 4) is 0 Å². The molecule has 0 unspecified atom stereocenters. The SMILES string of the molecule is Cc1cc(CCN)cnc1Sc1nnc2ccccn12. The van der Waals surface area contributed by atoms with Crippen molar-refractivity contribution in [2.24, 2.45) is 5.73 Å². The molecule has 0 atom stereocenters. The van der Waals surface area contributed by atoms with Crippen molar-refractivity contribution in [3.05, 3.63) is 47.8 Å². The molecule has 6 heteroatoms. The van der Waals surface area contributed by atoms with Crippen LogP contribution in [0.3, 0.4) is 0 Å². The van der Waals surface area contributed by atoms with Crippen molar-refractivity contribution in [1.82, 2.24) is 19.6 Å². The zero-order valence-electron chi connectivity index (χ0n) is 11.2. The Morgan fingerprint density at radius 1 is 1.30 bits per heavy atom. The largest absolute Gasteiger partial charge is 0.330 e. The third-order valence-electron chi connectivity index (χ3n) is 2.99. The first kappa shape index (κ1) is 13.1. The van der Waals surface area contributed by atoms with Crippen LogP contribution in [0.4, 0.5) is 0 Å². The first-order valence-electron chi connectivity index (χ1n) is 6.41. The highest BCUT2D eigenvalue weighted by Crippen LogP contribution is 2.27. The van der Waals surface area contributed by atoms with E-state index in [4.69, 9.17) is 5.73 Å². The van der Waals surface area contributed by atoms with Crippen molar-refractivity contribution >= 4 is 17.4 Å². The molecule has 20 heavy (non-hydrogen) atoms. The van der Waals surface area contributed by atoms with E-state index in [-0.39, 0.29) is 0 Å². The lowest BCUT2D eigenvalue weighted by Gasteiger charge is -2.05. The fourth-order valence-electron chi connectivity index (χ4n) is 2.01. The quantitative estimate of drug-likeness (QED) is 0.795. The predicted molar refractivity (Wildman–Crippen MR) is 78.8 cm³/mol. The van der Waals surface area contributed by atoms with Crippen LogP contribution >= 0.6 is 11.8 Å². The Kier molecular flexibility index (Phi) is 3.66. The molecule has 0 saturated heterocycles. The van der Waals surface area contributed by atoms with Crippen molar-refractivity contribution in [1.29, 1.82) is 0 Å². The zero-order valence-corrected chi connectivity index (χ0v) is 12.0. The summed E-state index contributed by atoms with van der Waals surface area (Å²) >= 11 is 1.52. The van der Waals surface area contributed by atoms with Gasteiger partial charge in [0.15, 0.2) is 5.65 Å². The molecule has 0 radical (unpaired) electrons. The van der Waals surface area contributed by atoms with Crippen LogP contribution in [0.2, 0.25) is 0 Å². The molecule has 0 aliphatic carbocycles. The minimum Gasteiger partial charge on any atom is -0.330 e. The van der Waals surface area contributed by atoms with Crippen LogP contribution in [0.15, 0.2) is 46.8 Å². The smallest absolute Gasteiger partial charge is 0.201 e. The predicted octanol–water partition coefficient (Wildman–Crippen LogP) is 2.09. The molecule has 3 rings (SSSR count). The van der Waals surface area contributed by atoms with Gasteiger partial charge in [-0.1, -0.05) is 12.1 Å². The second kappa shape index (κ2) is 5.60. The summed E-state index contributed by atoms with van der Waals surface area (Å²) in [4.78, 5) is 4.50. The molecule has 2 N–H and O–H groups in total. The van der Waals surface area contributed by atoms with Gasteiger partial charge in [0.2, 0.25) is 5.16 Å². The summed E-state index contributed by atoms with van der Waals surface area (Å²) in [6.45, 7) is 2.70. The topological polar surface area (TPSA) is 69.1 Å². The van der Waals surface area contributed by atoms with Crippen molar-refractivity contribution < 1.29 is 0 Å². The third-order valence-corrected chi connectivity index (χ3v) is 4.07. The average molecular weight is 285 g/mol. The monoisotopic (exact) mass is 285 g/mol. The number of nitrogens with zero attached hydrogens (tertiary/aromatic N) is 4. The maximum atomic E-state index is 5.57. The number of nitrogens with two attached hydrogens (primary N) is 1. The Bertz CT molecular complexity index is 737. The number of fused-ring (bicyclic) bond motifs is 1. The molecule has 0 aliphatic rings. The van der Waals surface area contributed by atoms with Crippen LogP contribution in [-0.4, -0.2) is 26.1 Å². The number of rotatable bonds is 4. The number of aromatic nitrogens is 4. The van der Waals surface area contributed by atoms with Gasteiger partial charge in [-0.3, -0.25) is 4.40 Å². The molecule has 0 spiro atoms. The van der Waals surface area contributed by atoms with Crippen molar-refractivity contribution in [2.45, 2.75) is 23.5 Å². The van der Waals surface area contributed by atoms with Gasteiger partial charge in [-0.25, -0.2) is 4.98 Å². The van der Waals surface area contributed by atoms with Crippen LogP contribution < -0.4 is 5.73 Å². The third kappa shape index (κ3) is 2.52. The fourth-order valence-corrected chi connectivity index (χ4v) is 2.84. The van der Waals surface area contributed by atoms with E-state index in [2.05, 4.69) is 28.2 Å². The fraction of sp³-hybridized carbons (Fsp3) is 0.214. The molecule has 0 amide bonds. The number of hydrogen-bond donors (Lipinski definition) is 1. The Hall–Kier alpha value is -1.92. The van der Waals surface area contributed by atoms with Crippen LogP contribution in [0, 0.1) is 6.92 Å². The molecule has 0 aliphatic heterocycles. The van der Waals surface area contributed by atoms with E-state index < -0.39 is 0 Å². The lowest BCUT2D eigenvalue weighted by Crippen LogP contribution is -2.03. The van der Waals surface area contributed by atoms with E-state index in [1.54, 1.807) is 0 Å². The Morgan fingerprint density at radius 2 is 2.20 bits per heavy atom. The van der Waals surface area contributed by atoms with Gasteiger partial charge in [0.25, 0.3) is 0 Å². The van der Waals surface area contributed by atoms with Crippen molar-refractivity contribution in [2.75, 3.05) is 6.54 Å². The summed E-state index contributed by atoms with van der Waals surface area (Å²) in [5, 5.41) is 10.1. The maximum absolute atomic E-state index is 5.57. The highest BCUT2D eigenvalue weighted by Gasteiger charge is 2.10. The van der Waals surface area contributed by atoms with Crippen LogP contribution in [0.25, 0.3) is 5.65 Å². The van der Waals surface area contributed by atoms with Gasteiger partial charge in [-0.2, -0.15) is 0 Å². The van der Waals surface area contributed by atoms with Crippen LogP contribution in [0.5, 0.6) is 0 Å². The molecule has 0 saturated carbocycles. The number of aryl methyl sites for hydroxylation is 1. The van der Waals surface area contributed by atoms with Gasteiger partial charge in [0.05, 0.1) is 0 Å². The van der Waals surface area contributed by atoms with Gasteiger partial charge >= 0.3 is 0 Å². The molecule has 102 valence electrons. The van der Waals surface area contributed by atoms with Crippen molar-refractivity contribution in [3.63, 3.8) is 0 Å². The van der Waals surface area contributed by atoms with E-state index in [0.717, 1.165) is 27.8 Å². The summed E-state index contributed by atoms with van der Waals surface area (Å²) < 4.78 is 1.96. The zero-order chi connectivity index (χ0) is 13.9. The molecule has 5 nitrogen and oxygen atoms in total. The number of pyridine rings is 2. The van der Waals surface area contributed by atoms with E-state index in [0.29, 0.717) is 6.54 Å². The van der Waals surface area contributed by atoms with Gasteiger partial charge in [0.1, 0.15) is 5.03 Å². The summed E-state index contributed by atoms with van der Waals surface area (Å²) in [6, 6.07) is 7.97. The molecule has 0 aromatic carbocycles. The second-order valence-corrected chi connectivity index (χ2v) is 5.47.